The molecule has 1 aromatic rings. The quantitative estimate of drug-likeness (QED) is 0.885. The number of morpholine rings is 1. The third-order valence-corrected chi connectivity index (χ3v) is 4.59. The van der Waals surface area contributed by atoms with Crippen LogP contribution in [0.15, 0.2) is 17.5 Å². The van der Waals surface area contributed by atoms with Gasteiger partial charge in [0.25, 0.3) is 0 Å². The van der Waals surface area contributed by atoms with E-state index in [4.69, 9.17) is 4.74 Å². The maximum absolute atomic E-state index is 5.97. The topological polar surface area (TPSA) is 24.5 Å². The van der Waals surface area contributed by atoms with Crippen molar-refractivity contribution < 1.29 is 4.74 Å². The van der Waals surface area contributed by atoms with Crippen molar-refractivity contribution in [3.63, 3.8) is 0 Å². The van der Waals surface area contributed by atoms with Crippen LogP contribution in [0.1, 0.15) is 23.8 Å². The standard InChI is InChI=1S/C13H20N2OS/c1-14-9-11-13(12-3-2-8-17-12)15(6-7-16-11)10-4-5-10/h2-3,8,10-11,13-14H,4-7,9H2,1H3. The van der Waals surface area contributed by atoms with Crippen molar-refractivity contribution in [2.45, 2.75) is 31.0 Å². The van der Waals surface area contributed by atoms with E-state index in [-0.39, 0.29) is 0 Å². The molecular formula is C13H20N2OS. The zero-order valence-electron chi connectivity index (χ0n) is 10.3. The molecule has 3 rings (SSSR count). The molecule has 1 aliphatic heterocycles. The number of likely N-dealkylation sites (N-methyl/N-ethyl adjacent to an activating group) is 1. The predicted octanol–water partition coefficient (Wildman–Crippen LogP) is 1.87. The van der Waals surface area contributed by atoms with E-state index < -0.39 is 0 Å². The van der Waals surface area contributed by atoms with E-state index in [0.717, 1.165) is 25.7 Å². The highest BCUT2D eigenvalue weighted by Crippen LogP contribution is 2.39. The lowest BCUT2D eigenvalue weighted by atomic mass is 10.0. The number of nitrogens with one attached hydrogen (secondary N) is 1. The van der Waals surface area contributed by atoms with Crippen molar-refractivity contribution in [2.75, 3.05) is 26.7 Å². The van der Waals surface area contributed by atoms with E-state index in [1.54, 1.807) is 0 Å². The van der Waals surface area contributed by atoms with Gasteiger partial charge in [-0.05, 0) is 31.3 Å². The summed E-state index contributed by atoms with van der Waals surface area (Å²) in [5, 5.41) is 5.43. The van der Waals surface area contributed by atoms with Gasteiger partial charge in [0.05, 0.1) is 18.8 Å². The molecule has 1 N–H and O–H groups in total. The number of hydrogen-bond donors (Lipinski definition) is 1. The number of ether oxygens (including phenoxy) is 1. The van der Waals surface area contributed by atoms with Gasteiger partial charge >= 0.3 is 0 Å². The Labute approximate surface area is 107 Å². The molecule has 2 heterocycles. The second-order valence-corrected chi connectivity index (χ2v) is 5.88. The van der Waals surface area contributed by atoms with Gasteiger partial charge in [0, 0.05) is 24.0 Å². The lowest BCUT2D eigenvalue weighted by Gasteiger charge is -2.41. The molecule has 0 bridgehead atoms. The van der Waals surface area contributed by atoms with E-state index in [9.17, 15) is 0 Å². The van der Waals surface area contributed by atoms with Crippen LogP contribution in [0, 0.1) is 0 Å². The molecular weight excluding hydrogens is 232 g/mol. The Kier molecular flexibility index (Phi) is 3.47. The third-order valence-electron chi connectivity index (χ3n) is 3.65. The third kappa shape index (κ3) is 2.40. The highest BCUT2D eigenvalue weighted by Gasteiger charge is 2.41. The fraction of sp³-hybridized carbons (Fsp3) is 0.692. The zero-order valence-corrected chi connectivity index (χ0v) is 11.1. The van der Waals surface area contributed by atoms with Crippen molar-refractivity contribution in [1.29, 1.82) is 0 Å². The van der Waals surface area contributed by atoms with Crippen molar-refractivity contribution >= 4 is 11.3 Å². The molecule has 2 unspecified atom stereocenters. The van der Waals surface area contributed by atoms with Gasteiger partial charge in [-0.3, -0.25) is 4.90 Å². The largest absolute Gasteiger partial charge is 0.374 e. The molecule has 0 amide bonds. The first-order chi connectivity index (χ1) is 8.40. The van der Waals surface area contributed by atoms with Crippen LogP contribution in [0.2, 0.25) is 0 Å². The van der Waals surface area contributed by atoms with Gasteiger partial charge in [0.15, 0.2) is 0 Å². The summed E-state index contributed by atoms with van der Waals surface area (Å²) in [6.07, 6.45) is 3.04. The molecule has 0 radical (unpaired) electrons. The summed E-state index contributed by atoms with van der Waals surface area (Å²) in [4.78, 5) is 4.12. The van der Waals surface area contributed by atoms with Gasteiger partial charge in [-0.15, -0.1) is 11.3 Å². The summed E-state index contributed by atoms with van der Waals surface area (Å²) in [6.45, 7) is 2.91. The average Bonchev–Trinajstić information content (AvgIpc) is 3.06. The first-order valence-electron chi connectivity index (χ1n) is 6.45. The Morgan fingerprint density at radius 1 is 1.53 bits per heavy atom. The molecule has 3 nitrogen and oxygen atoms in total. The Balaban J connectivity index is 1.83. The first-order valence-corrected chi connectivity index (χ1v) is 7.33. The summed E-state index contributed by atoms with van der Waals surface area (Å²) in [7, 11) is 2.00. The Bertz CT molecular complexity index is 348. The van der Waals surface area contributed by atoms with Crippen molar-refractivity contribution in [2.24, 2.45) is 0 Å². The van der Waals surface area contributed by atoms with Gasteiger partial charge in [-0.25, -0.2) is 0 Å². The fourth-order valence-electron chi connectivity index (χ4n) is 2.75. The van der Waals surface area contributed by atoms with Gasteiger partial charge < -0.3 is 10.1 Å². The number of rotatable bonds is 4. The molecule has 17 heavy (non-hydrogen) atoms. The van der Waals surface area contributed by atoms with Crippen LogP contribution in [0.4, 0.5) is 0 Å². The summed E-state index contributed by atoms with van der Waals surface area (Å²) in [5.74, 6) is 0. The summed E-state index contributed by atoms with van der Waals surface area (Å²) >= 11 is 1.86. The predicted molar refractivity (Wildman–Crippen MR) is 70.5 cm³/mol. The minimum absolute atomic E-state index is 0.299. The van der Waals surface area contributed by atoms with Crippen LogP contribution in [0.5, 0.6) is 0 Å². The van der Waals surface area contributed by atoms with Crippen LogP contribution < -0.4 is 5.32 Å². The van der Waals surface area contributed by atoms with Crippen LogP contribution in [0.3, 0.4) is 0 Å². The molecule has 1 aromatic heterocycles. The van der Waals surface area contributed by atoms with Crippen molar-refractivity contribution in [3.05, 3.63) is 22.4 Å². The van der Waals surface area contributed by atoms with Gasteiger partial charge in [0.2, 0.25) is 0 Å². The monoisotopic (exact) mass is 252 g/mol. The minimum atomic E-state index is 0.299. The summed E-state index contributed by atoms with van der Waals surface area (Å²) < 4.78 is 5.97. The second-order valence-electron chi connectivity index (χ2n) is 4.90. The van der Waals surface area contributed by atoms with Crippen LogP contribution in [0.25, 0.3) is 0 Å². The second kappa shape index (κ2) is 5.06. The molecule has 1 saturated carbocycles. The summed E-state index contributed by atoms with van der Waals surface area (Å²) in [5.41, 5.74) is 0. The number of thiophene rings is 1. The zero-order chi connectivity index (χ0) is 11.7. The van der Waals surface area contributed by atoms with Gasteiger partial charge in [0.1, 0.15) is 0 Å². The molecule has 0 aromatic carbocycles. The van der Waals surface area contributed by atoms with E-state index in [2.05, 4.69) is 27.7 Å². The molecule has 2 fully saturated rings. The van der Waals surface area contributed by atoms with Crippen molar-refractivity contribution in [1.82, 2.24) is 10.2 Å². The molecule has 1 aliphatic carbocycles. The summed E-state index contributed by atoms with van der Waals surface area (Å²) in [6, 6.07) is 5.67. The smallest absolute Gasteiger partial charge is 0.0904 e. The van der Waals surface area contributed by atoms with Gasteiger partial charge in [-0.1, -0.05) is 6.07 Å². The maximum Gasteiger partial charge on any atom is 0.0904 e. The lowest BCUT2D eigenvalue weighted by Crippen LogP contribution is -2.49. The van der Waals surface area contributed by atoms with Crippen LogP contribution in [-0.4, -0.2) is 43.8 Å². The maximum atomic E-state index is 5.97. The van der Waals surface area contributed by atoms with Crippen molar-refractivity contribution in [3.8, 4) is 0 Å². The Morgan fingerprint density at radius 3 is 3.06 bits per heavy atom. The van der Waals surface area contributed by atoms with Crippen LogP contribution in [-0.2, 0) is 4.74 Å². The van der Waals surface area contributed by atoms with Crippen LogP contribution >= 0.6 is 11.3 Å². The number of nitrogens with zero attached hydrogens (tertiary/aromatic N) is 1. The average molecular weight is 252 g/mol. The molecule has 2 aliphatic rings. The lowest BCUT2D eigenvalue weighted by molar-refractivity contribution is -0.0728. The molecule has 4 heteroatoms. The fourth-order valence-corrected chi connectivity index (χ4v) is 3.65. The highest BCUT2D eigenvalue weighted by molar-refractivity contribution is 7.10. The highest BCUT2D eigenvalue weighted by atomic mass is 32.1. The first kappa shape index (κ1) is 11.7. The van der Waals surface area contributed by atoms with E-state index in [1.807, 2.05) is 18.4 Å². The normalized spacial score (nSPS) is 30.6. The minimum Gasteiger partial charge on any atom is -0.374 e. The Hall–Kier alpha value is -0.420. The molecule has 94 valence electrons. The van der Waals surface area contributed by atoms with E-state index in [1.165, 1.54) is 17.7 Å². The molecule has 1 saturated heterocycles. The SMILES string of the molecule is CNCC1OCCN(C2CC2)C1c1cccs1. The van der Waals surface area contributed by atoms with E-state index in [0.29, 0.717) is 12.1 Å². The molecule has 0 spiro atoms. The number of hydrogen-bond acceptors (Lipinski definition) is 4. The Morgan fingerprint density at radius 2 is 2.41 bits per heavy atom. The van der Waals surface area contributed by atoms with Gasteiger partial charge in [-0.2, -0.15) is 0 Å². The molecule has 2 atom stereocenters. The van der Waals surface area contributed by atoms with E-state index >= 15 is 0 Å².